The van der Waals surface area contributed by atoms with Gasteiger partial charge < -0.3 is 9.31 Å². The van der Waals surface area contributed by atoms with Gasteiger partial charge in [-0.05, 0) is 43.2 Å². The molecule has 0 N–H and O–H groups in total. The second-order valence-electron chi connectivity index (χ2n) is 4.88. The third kappa shape index (κ3) is 4.42. The van der Waals surface area contributed by atoms with E-state index in [4.69, 9.17) is 9.31 Å². The standard InChI is InChI=1S/C14H15BFNO4/c1-10(11-3-5-12(16)6-4-11)7-15-20-13(18)8-17(2)9-14(19)21-15/h3-7H,8-9H2,1-2H3/b10-7+. The number of carbonyl (C=O) groups excluding carboxylic acids is 2. The first kappa shape index (κ1) is 15.2. The highest BCUT2D eigenvalue weighted by Gasteiger charge is 2.29. The van der Waals surface area contributed by atoms with Gasteiger partial charge in [0.05, 0.1) is 13.1 Å². The van der Waals surface area contributed by atoms with Gasteiger partial charge in [-0.1, -0.05) is 12.1 Å². The summed E-state index contributed by atoms with van der Waals surface area (Å²) in [5, 5.41) is 0. The van der Waals surface area contributed by atoms with Gasteiger partial charge in [-0.15, -0.1) is 0 Å². The van der Waals surface area contributed by atoms with Gasteiger partial charge in [-0.2, -0.15) is 0 Å². The molecular weight excluding hydrogens is 276 g/mol. The monoisotopic (exact) mass is 291 g/mol. The fourth-order valence-corrected chi connectivity index (χ4v) is 1.94. The third-order valence-electron chi connectivity index (χ3n) is 2.98. The number of allylic oxidation sites excluding steroid dienone is 1. The average Bonchev–Trinajstić information content (AvgIpc) is 2.36. The molecule has 0 saturated carbocycles. The Balaban J connectivity index is 2.15. The number of hydrogen-bond acceptors (Lipinski definition) is 5. The molecule has 0 aliphatic carbocycles. The lowest BCUT2D eigenvalue weighted by molar-refractivity contribution is -0.145. The minimum Gasteiger partial charge on any atom is -0.495 e. The molecule has 0 radical (unpaired) electrons. The molecule has 0 unspecified atom stereocenters. The quantitative estimate of drug-likeness (QED) is 0.768. The van der Waals surface area contributed by atoms with Gasteiger partial charge in [0.25, 0.3) is 0 Å². The Bertz CT molecular complexity index is 553. The van der Waals surface area contributed by atoms with Crippen LogP contribution in [0.15, 0.2) is 30.2 Å². The van der Waals surface area contributed by atoms with E-state index in [-0.39, 0.29) is 18.9 Å². The lowest BCUT2D eigenvalue weighted by Crippen LogP contribution is -2.41. The van der Waals surface area contributed by atoms with Crippen molar-refractivity contribution in [2.45, 2.75) is 6.92 Å². The number of benzene rings is 1. The number of hydrogen-bond donors (Lipinski definition) is 0. The number of nitrogens with zero attached hydrogens (tertiary/aromatic N) is 1. The Morgan fingerprint density at radius 1 is 1.19 bits per heavy atom. The summed E-state index contributed by atoms with van der Waals surface area (Å²) in [6.07, 6.45) is 0. The summed E-state index contributed by atoms with van der Waals surface area (Å²) in [4.78, 5) is 24.7. The SMILES string of the molecule is C/C(=C\B1OC(=O)CN(C)CC(=O)O1)c1ccc(F)cc1. The zero-order valence-corrected chi connectivity index (χ0v) is 11.8. The van der Waals surface area contributed by atoms with Crippen molar-refractivity contribution in [3.05, 3.63) is 41.6 Å². The molecule has 2 rings (SSSR count). The van der Waals surface area contributed by atoms with Crippen LogP contribution in [0.25, 0.3) is 5.57 Å². The molecule has 1 aliphatic heterocycles. The van der Waals surface area contributed by atoms with Gasteiger partial charge in [0.15, 0.2) is 0 Å². The predicted molar refractivity (Wildman–Crippen MR) is 75.5 cm³/mol. The summed E-state index contributed by atoms with van der Waals surface area (Å²) in [6.45, 7) is 1.81. The highest BCUT2D eigenvalue weighted by molar-refractivity contribution is 6.56. The Labute approximate surface area is 122 Å². The van der Waals surface area contributed by atoms with Crippen molar-refractivity contribution < 1.29 is 23.3 Å². The summed E-state index contributed by atoms with van der Waals surface area (Å²) in [5.41, 5.74) is 1.47. The highest BCUT2D eigenvalue weighted by atomic mass is 19.1. The lowest BCUT2D eigenvalue weighted by atomic mass is 9.85. The molecule has 21 heavy (non-hydrogen) atoms. The molecule has 5 nitrogen and oxygen atoms in total. The van der Waals surface area contributed by atoms with Crippen molar-refractivity contribution >= 4 is 24.6 Å². The van der Waals surface area contributed by atoms with E-state index in [1.165, 1.54) is 23.0 Å². The van der Waals surface area contributed by atoms with Gasteiger partial charge in [-0.3, -0.25) is 14.5 Å². The van der Waals surface area contributed by atoms with E-state index >= 15 is 0 Å². The molecule has 0 amide bonds. The maximum absolute atomic E-state index is 12.9. The van der Waals surface area contributed by atoms with Crippen molar-refractivity contribution in [2.24, 2.45) is 0 Å². The molecule has 1 fully saturated rings. The summed E-state index contributed by atoms with van der Waals surface area (Å²) in [7, 11) is 0.561. The Hall–Kier alpha value is -2.15. The molecule has 0 spiro atoms. The molecule has 0 bridgehead atoms. The van der Waals surface area contributed by atoms with Gasteiger partial charge in [0, 0.05) is 0 Å². The van der Waals surface area contributed by atoms with Gasteiger partial charge in [0.1, 0.15) is 5.82 Å². The van der Waals surface area contributed by atoms with Crippen LogP contribution in [0.4, 0.5) is 4.39 Å². The molecule has 0 atom stereocenters. The minimum atomic E-state index is -1.07. The first-order chi connectivity index (χ1) is 9.94. The van der Waals surface area contributed by atoms with Crippen molar-refractivity contribution in [3.8, 4) is 0 Å². The van der Waals surface area contributed by atoms with Crippen LogP contribution < -0.4 is 0 Å². The van der Waals surface area contributed by atoms with Crippen LogP contribution in [0.1, 0.15) is 12.5 Å². The fraction of sp³-hybridized carbons (Fsp3) is 0.286. The van der Waals surface area contributed by atoms with E-state index in [0.717, 1.165) is 11.1 Å². The van der Waals surface area contributed by atoms with E-state index in [2.05, 4.69) is 0 Å². The van der Waals surface area contributed by atoms with E-state index < -0.39 is 19.1 Å². The number of halogens is 1. The minimum absolute atomic E-state index is 0.0229. The van der Waals surface area contributed by atoms with Gasteiger partial charge in [-0.25, -0.2) is 4.39 Å². The smallest absolute Gasteiger partial charge is 0.495 e. The van der Waals surface area contributed by atoms with Crippen LogP contribution in [-0.4, -0.2) is 44.1 Å². The first-order valence-corrected chi connectivity index (χ1v) is 6.46. The van der Waals surface area contributed by atoms with Crippen molar-refractivity contribution in [2.75, 3.05) is 20.1 Å². The van der Waals surface area contributed by atoms with Crippen molar-refractivity contribution in [3.63, 3.8) is 0 Å². The first-order valence-electron chi connectivity index (χ1n) is 6.46. The van der Waals surface area contributed by atoms with Crippen LogP contribution >= 0.6 is 0 Å². The number of carbonyl (C=O) groups is 2. The molecule has 110 valence electrons. The number of rotatable bonds is 2. The molecule has 1 aromatic rings. The summed E-state index contributed by atoms with van der Waals surface area (Å²) in [5.74, 6) is 0.240. The summed E-state index contributed by atoms with van der Waals surface area (Å²) in [6, 6.07) is 5.86. The van der Waals surface area contributed by atoms with Crippen LogP contribution in [0, 0.1) is 5.82 Å². The zero-order valence-electron chi connectivity index (χ0n) is 11.8. The molecular formula is C14H15BFNO4. The summed E-state index contributed by atoms with van der Waals surface area (Å²) >= 11 is 0. The molecule has 1 aliphatic rings. The Morgan fingerprint density at radius 2 is 1.71 bits per heavy atom. The molecule has 1 aromatic carbocycles. The Morgan fingerprint density at radius 3 is 2.24 bits per heavy atom. The van der Waals surface area contributed by atoms with Crippen molar-refractivity contribution in [1.29, 1.82) is 0 Å². The topological polar surface area (TPSA) is 55.8 Å². The fourth-order valence-electron chi connectivity index (χ4n) is 1.94. The average molecular weight is 291 g/mol. The van der Waals surface area contributed by atoms with E-state index in [9.17, 15) is 14.0 Å². The van der Waals surface area contributed by atoms with Crippen LogP contribution in [0.3, 0.4) is 0 Å². The number of likely N-dealkylation sites (N-methyl/N-ethyl adjacent to an activating group) is 1. The Kier molecular flexibility index (Phi) is 4.75. The zero-order chi connectivity index (χ0) is 15.4. The molecule has 1 saturated heterocycles. The normalized spacial score (nSPS) is 17.9. The largest absolute Gasteiger partial charge is 0.629 e. The second-order valence-corrected chi connectivity index (χ2v) is 4.88. The van der Waals surface area contributed by atoms with E-state index in [1.807, 2.05) is 0 Å². The summed E-state index contributed by atoms with van der Waals surface area (Å²) < 4.78 is 23.0. The maximum atomic E-state index is 12.9. The van der Waals surface area contributed by atoms with Gasteiger partial charge in [0.2, 0.25) is 0 Å². The van der Waals surface area contributed by atoms with Crippen LogP contribution in [0.2, 0.25) is 0 Å². The van der Waals surface area contributed by atoms with Gasteiger partial charge >= 0.3 is 19.1 Å². The predicted octanol–water partition coefficient (Wildman–Crippen LogP) is 1.29. The maximum Gasteiger partial charge on any atom is 0.629 e. The van der Waals surface area contributed by atoms with Crippen LogP contribution in [-0.2, 0) is 18.9 Å². The van der Waals surface area contributed by atoms with Crippen molar-refractivity contribution in [1.82, 2.24) is 4.90 Å². The highest BCUT2D eigenvalue weighted by Crippen LogP contribution is 2.15. The van der Waals surface area contributed by atoms with Crippen LogP contribution in [0.5, 0.6) is 0 Å². The van der Waals surface area contributed by atoms with E-state index in [0.29, 0.717) is 0 Å². The second kappa shape index (κ2) is 6.54. The van der Waals surface area contributed by atoms with E-state index in [1.54, 1.807) is 26.1 Å². The lowest BCUT2D eigenvalue weighted by Gasteiger charge is -2.21. The molecule has 7 heteroatoms. The molecule has 1 heterocycles. The third-order valence-corrected chi connectivity index (χ3v) is 2.98. The molecule has 0 aromatic heterocycles.